The van der Waals surface area contributed by atoms with Crippen LogP contribution in [0.1, 0.15) is 34.7 Å². The molecule has 2 unspecified atom stereocenters. The van der Waals surface area contributed by atoms with Crippen molar-refractivity contribution >= 4 is 27.3 Å². The normalized spacial score (nSPS) is 19.4. The Morgan fingerprint density at radius 1 is 1.33 bits per heavy atom. The maximum absolute atomic E-state index is 13.1. The van der Waals surface area contributed by atoms with E-state index in [1.807, 2.05) is 0 Å². The Morgan fingerprint density at radius 3 is 2.67 bits per heavy atom. The van der Waals surface area contributed by atoms with Crippen LogP contribution in [0.5, 0.6) is 6.01 Å². The van der Waals surface area contributed by atoms with Gasteiger partial charge in [-0.2, -0.15) is 9.29 Å². The summed E-state index contributed by atoms with van der Waals surface area (Å²) in [5.74, 6) is -0.814. The van der Waals surface area contributed by atoms with Gasteiger partial charge in [0.15, 0.2) is 5.82 Å². The van der Waals surface area contributed by atoms with E-state index in [2.05, 4.69) is 15.1 Å². The van der Waals surface area contributed by atoms with E-state index in [1.165, 1.54) is 33.3 Å². The van der Waals surface area contributed by atoms with E-state index in [0.29, 0.717) is 11.4 Å². The third-order valence-electron chi connectivity index (χ3n) is 4.89. The van der Waals surface area contributed by atoms with Crippen LogP contribution in [0, 0.1) is 5.82 Å². The van der Waals surface area contributed by atoms with Crippen molar-refractivity contribution in [1.29, 1.82) is 0 Å². The van der Waals surface area contributed by atoms with Crippen molar-refractivity contribution in [3.63, 3.8) is 0 Å². The lowest BCUT2D eigenvalue weighted by atomic mass is 9.92. The van der Waals surface area contributed by atoms with Gasteiger partial charge < -0.3 is 4.74 Å². The number of carbonyl (C=O) groups is 1. The number of sulfonamides is 1. The van der Waals surface area contributed by atoms with Crippen molar-refractivity contribution in [3.8, 4) is 6.01 Å². The molecule has 12 heteroatoms. The topological polar surface area (TPSA) is 107 Å². The van der Waals surface area contributed by atoms with Crippen LogP contribution in [-0.2, 0) is 16.6 Å². The van der Waals surface area contributed by atoms with Gasteiger partial charge in [0.25, 0.3) is 0 Å². The number of hydrogen-bond donors (Lipinski definition) is 0. The summed E-state index contributed by atoms with van der Waals surface area (Å²) >= 11 is 1.27. The molecule has 2 atom stereocenters. The zero-order valence-corrected chi connectivity index (χ0v) is 17.7. The smallest absolute Gasteiger partial charge is 0.323 e. The molecule has 0 saturated carbocycles. The van der Waals surface area contributed by atoms with E-state index >= 15 is 0 Å². The molecule has 0 N–H and O–H groups in total. The summed E-state index contributed by atoms with van der Waals surface area (Å²) in [4.78, 5) is 21.2. The van der Waals surface area contributed by atoms with Gasteiger partial charge in [-0.1, -0.05) is 12.1 Å². The Hall–Kier alpha value is -2.70. The quantitative estimate of drug-likeness (QED) is 0.563. The third-order valence-corrected chi connectivity index (χ3v) is 6.81. The van der Waals surface area contributed by atoms with Gasteiger partial charge in [-0.15, -0.1) is 21.1 Å². The van der Waals surface area contributed by atoms with Gasteiger partial charge in [0.05, 0.1) is 17.7 Å². The van der Waals surface area contributed by atoms with Crippen LogP contribution in [-0.4, -0.2) is 57.2 Å². The van der Waals surface area contributed by atoms with Crippen molar-refractivity contribution in [2.24, 2.45) is 0 Å². The van der Waals surface area contributed by atoms with Gasteiger partial charge in [0, 0.05) is 18.0 Å². The van der Waals surface area contributed by atoms with Gasteiger partial charge in [-0.25, -0.2) is 17.8 Å². The van der Waals surface area contributed by atoms with Crippen LogP contribution < -0.4 is 4.74 Å². The molecular weight excluding hydrogens is 433 g/mol. The molecule has 0 aliphatic carbocycles. The van der Waals surface area contributed by atoms with E-state index in [1.54, 1.807) is 24.4 Å². The van der Waals surface area contributed by atoms with Crippen molar-refractivity contribution in [2.45, 2.75) is 25.5 Å². The highest BCUT2D eigenvalue weighted by atomic mass is 32.2. The minimum absolute atomic E-state index is 0.0302. The maximum Gasteiger partial charge on any atom is 0.323 e. The second-order valence-electron chi connectivity index (χ2n) is 6.94. The molecule has 3 aromatic rings. The van der Waals surface area contributed by atoms with Crippen molar-refractivity contribution in [1.82, 2.24) is 24.1 Å². The zero-order valence-electron chi connectivity index (χ0n) is 16.1. The maximum atomic E-state index is 13.1. The Bertz CT molecular complexity index is 1160. The number of ether oxygens (including phenoxy) is 1. The van der Waals surface area contributed by atoms with E-state index in [4.69, 9.17) is 4.74 Å². The summed E-state index contributed by atoms with van der Waals surface area (Å²) in [6.07, 6.45) is 1.15. The SMILES string of the molecule is CC1C(c2nc(OCc3ccc(F)cc3)n(C(=O)c3cscn3)n2)CN1S(C)(=O)=O. The first-order chi connectivity index (χ1) is 14.2. The average Bonchev–Trinajstić information content (AvgIpc) is 3.35. The number of halogens is 1. The van der Waals surface area contributed by atoms with Crippen LogP contribution in [0.4, 0.5) is 4.39 Å². The van der Waals surface area contributed by atoms with Gasteiger partial charge >= 0.3 is 11.9 Å². The highest BCUT2D eigenvalue weighted by Crippen LogP contribution is 2.35. The number of thiazole rings is 1. The Balaban J connectivity index is 1.60. The van der Waals surface area contributed by atoms with Crippen molar-refractivity contribution in [2.75, 3.05) is 12.8 Å². The lowest BCUT2D eigenvalue weighted by Gasteiger charge is -2.42. The first-order valence-electron chi connectivity index (χ1n) is 8.98. The van der Waals surface area contributed by atoms with Gasteiger partial charge in [-0.05, 0) is 24.6 Å². The third kappa shape index (κ3) is 3.98. The minimum atomic E-state index is -3.33. The molecule has 1 aromatic carbocycles. The molecule has 30 heavy (non-hydrogen) atoms. The molecular formula is C18H18FN5O4S2. The minimum Gasteiger partial charge on any atom is -0.458 e. The summed E-state index contributed by atoms with van der Waals surface area (Å²) in [5, 5.41) is 5.88. The number of aromatic nitrogens is 4. The van der Waals surface area contributed by atoms with Gasteiger partial charge in [0.2, 0.25) is 10.0 Å². The fourth-order valence-electron chi connectivity index (χ4n) is 3.16. The van der Waals surface area contributed by atoms with Crippen LogP contribution in [0.2, 0.25) is 0 Å². The van der Waals surface area contributed by atoms with Crippen molar-refractivity contribution < 1.29 is 22.3 Å². The summed E-state index contributed by atoms with van der Waals surface area (Å²) in [7, 11) is -3.33. The first kappa shape index (κ1) is 20.6. The molecule has 0 bridgehead atoms. The van der Waals surface area contributed by atoms with Crippen LogP contribution in [0.3, 0.4) is 0 Å². The van der Waals surface area contributed by atoms with Crippen LogP contribution in [0.25, 0.3) is 0 Å². The summed E-state index contributed by atoms with van der Waals surface area (Å²) in [6, 6.07) is 5.39. The number of rotatable bonds is 6. The van der Waals surface area contributed by atoms with E-state index in [9.17, 15) is 17.6 Å². The zero-order chi connectivity index (χ0) is 21.5. The van der Waals surface area contributed by atoms with Crippen LogP contribution in [0.15, 0.2) is 35.2 Å². The first-order valence-corrected chi connectivity index (χ1v) is 11.8. The van der Waals surface area contributed by atoms with E-state index < -0.39 is 15.9 Å². The highest BCUT2D eigenvalue weighted by molar-refractivity contribution is 7.88. The summed E-state index contributed by atoms with van der Waals surface area (Å²) in [6.45, 7) is 2.04. The van der Waals surface area contributed by atoms with E-state index in [0.717, 1.165) is 10.9 Å². The number of nitrogens with zero attached hydrogens (tertiary/aromatic N) is 5. The molecule has 1 fully saturated rings. The predicted molar refractivity (Wildman–Crippen MR) is 106 cm³/mol. The molecule has 3 heterocycles. The Kier molecular flexibility index (Phi) is 5.38. The molecule has 1 aliphatic rings. The molecule has 0 amide bonds. The fraction of sp³-hybridized carbons (Fsp3) is 0.333. The molecule has 2 aromatic heterocycles. The standard InChI is InChI=1S/C18H18FN5O4S2/c1-11-14(7-23(11)30(2,26)27)16-21-18(28-8-12-3-5-13(19)6-4-12)24(22-16)17(25)15-9-29-10-20-15/h3-6,9-11,14H,7-8H2,1-2H3. The Labute approximate surface area is 176 Å². The monoisotopic (exact) mass is 451 g/mol. The molecule has 1 saturated heterocycles. The van der Waals surface area contributed by atoms with Gasteiger partial charge in [-0.3, -0.25) is 4.79 Å². The fourth-order valence-corrected chi connectivity index (χ4v) is 4.87. The highest BCUT2D eigenvalue weighted by Gasteiger charge is 2.44. The predicted octanol–water partition coefficient (Wildman–Crippen LogP) is 1.89. The van der Waals surface area contributed by atoms with Gasteiger partial charge in [0.1, 0.15) is 18.1 Å². The second-order valence-corrected chi connectivity index (χ2v) is 9.59. The summed E-state index contributed by atoms with van der Waals surface area (Å²) in [5.41, 5.74) is 2.42. The molecule has 1 aliphatic heterocycles. The second kappa shape index (κ2) is 7.85. The number of carbonyl (C=O) groups excluding carboxylic acids is 1. The lowest BCUT2D eigenvalue weighted by Crippen LogP contribution is -2.55. The molecule has 4 rings (SSSR count). The number of benzene rings is 1. The van der Waals surface area contributed by atoms with Crippen LogP contribution >= 0.6 is 11.3 Å². The van der Waals surface area contributed by atoms with Crippen molar-refractivity contribution in [3.05, 3.63) is 58.1 Å². The van der Waals surface area contributed by atoms with E-state index in [-0.39, 0.29) is 42.6 Å². The largest absolute Gasteiger partial charge is 0.458 e. The molecule has 0 spiro atoms. The molecule has 158 valence electrons. The average molecular weight is 452 g/mol. The lowest BCUT2D eigenvalue weighted by molar-refractivity contribution is 0.0920. The molecule has 9 nitrogen and oxygen atoms in total. The Morgan fingerprint density at radius 2 is 2.07 bits per heavy atom. The number of hydrogen-bond acceptors (Lipinski definition) is 8. The molecule has 0 radical (unpaired) electrons. The summed E-state index contributed by atoms with van der Waals surface area (Å²) < 4.78 is 44.8.